The molecule has 1 aromatic heterocycles. The second kappa shape index (κ2) is 5.51. The summed E-state index contributed by atoms with van der Waals surface area (Å²) in [5, 5.41) is 6.11. The Morgan fingerprint density at radius 1 is 1.56 bits per heavy atom. The lowest BCUT2D eigenvalue weighted by molar-refractivity contribution is 0.0374. The molecule has 0 radical (unpaired) electrons. The molecule has 90 valence electrons. The van der Waals surface area contributed by atoms with E-state index in [4.69, 9.17) is 4.74 Å². The topological polar surface area (TPSA) is 39.9 Å². The summed E-state index contributed by atoms with van der Waals surface area (Å²) < 4.78 is 7.25. The Bertz CT molecular complexity index is 339. The highest BCUT2D eigenvalue weighted by molar-refractivity contribution is 9.09. The fourth-order valence-corrected chi connectivity index (χ4v) is 3.96. The molecule has 2 heterocycles. The van der Waals surface area contributed by atoms with Crippen molar-refractivity contribution in [2.24, 2.45) is 12.5 Å². The Morgan fingerprint density at radius 3 is 2.88 bits per heavy atom. The Labute approximate surface area is 108 Å². The Morgan fingerprint density at radius 2 is 2.31 bits per heavy atom. The molecule has 2 rings (SSSR count). The average Bonchev–Trinajstić information content (AvgIpc) is 2.74. The van der Waals surface area contributed by atoms with Gasteiger partial charge >= 0.3 is 0 Å². The highest BCUT2D eigenvalue weighted by Gasteiger charge is 2.32. The molecule has 0 saturated carbocycles. The number of halogens is 1. The maximum absolute atomic E-state index is 5.42. The molecule has 6 heteroatoms. The minimum atomic E-state index is 0.356. The van der Waals surface area contributed by atoms with Crippen molar-refractivity contribution in [3.63, 3.8) is 0 Å². The molecular weight excluding hydrogens is 290 g/mol. The van der Waals surface area contributed by atoms with E-state index in [2.05, 4.69) is 26.0 Å². The number of rotatable bonds is 4. The second-order valence-electron chi connectivity index (χ2n) is 4.20. The number of hydrogen-bond acceptors (Lipinski definition) is 4. The number of nitrogens with zero attached hydrogens (tertiary/aromatic N) is 3. The van der Waals surface area contributed by atoms with Crippen molar-refractivity contribution in [3.05, 3.63) is 6.33 Å². The first-order valence-electron chi connectivity index (χ1n) is 5.36. The van der Waals surface area contributed by atoms with Gasteiger partial charge in [0.2, 0.25) is 0 Å². The number of alkyl halides is 1. The summed E-state index contributed by atoms with van der Waals surface area (Å²) in [6, 6.07) is 0. The van der Waals surface area contributed by atoms with Crippen LogP contribution in [0.3, 0.4) is 0 Å². The molecule has 0 bridgehead atoms. The highest BCUT2D eigenvalue weighted by atomic mass is 79.9. The van der Waals surface area contributed by atoms with E-state index in [1.54, 1.807) is 18.1 Å². The SMILES string of the molecule is Cn1ncnc1SCC1(CBr)CCOCC1. The van der Waals surface area contributed by atoms with E-state index in [9.17, 15) is 0 Å². The fraction of sp³-hybridized carbons (Fsp3) is 0.800. The largest absolute Gasteiger partial charge is 0.381 e. The number of aromatic nitrogens is 3. The molecule has 0 atom stereocenters. The van der Waals surface area contributed by atoms with Crippen LogP contribution in [0, 0.1) is 5.41 Å². The number of aryl methyl sites for hydroxylation is 1. The molecule has 0 spiro atoms. The summed E-state index contributed by atoms with van der Waals surface area (Å²) in [5.41, 5.74) is 0.356. The molecule has 1 saturated heterocycles. The standard InChI is InChI=1S/C10H16BrN3OS/c1-14-9(12-8-13-14)16-7-10(6-11)2-4-15-5-3-10/h8H,2-7H2,1H3. The third-order valence-corrected chi connectivity index (χ3v) is 5.59. The van der Waals surface area contributed by atoms with Crippen LogP contribution in [0.25, 0.3) is 0 Å². The third kappa shape index (κ3) is 2.78. The Hall–Kier alpha value is -0.0700. The lowest BCUT2D eigenvalue weighted by Crippen LogP contribution is -2.33. The van der Waals surface area contributed by atoms with Crippen molar-refractivity contribution in [3.8, 4) is 0 Å². The van der Waals surface area contributed by atoms with Crippen molar-refractivity contribution < 1.29 is 4.74 Å². The lowest BCUT2D eigenvalue weighted by atomic mass is 9.85. The van der Waals surface area contributed by atoms with E-state index in [-0.39, 0.29) is 0 Å². The van der Waals surface area contributed by atoms with E-state index >= 15 is 0 Å². The molecule has 1 aliphatic heterocycles. The van der Waals surface area contributed by atoms with Gasteiger partial charge in [-0.1, -0.05) is 27.7 Å². The van der Waals surface area contributed by atoms with Gasteiger partial charge in [0.15, 0.2) is 5.16 Å². The van der Waals surface area contributed by atoms with Gasteiger partial charge in [0.05, 0.1) is 0 Å². The van der Waals surface area contributed by atoms with Crippen LogP contribution in [0.4, 0.5) is 0 Å². The summed E-state index contributed by atoms with van der Waals surface area (Å²) in [6.45, 7) is 1.76. The van der Waals surface area contributed by atoms with Crippen LogP contribution in [-0.4, -0.2) is 39.1 Å². The smallest absolute Gasteiger partial charge is 0.185 e. The molecule has 4 nitrogen and oxygen atoms in total. The molecule has 0 N–H and O–H groups in total. The van der Waals surface area contributed by atoms with Crippen molar-refractivity contribution in [2.45, 2.75) is 18.0 Å². The van der Waals surface area contributed by atoms with E-state index in [0.29, 0.717) is 5.41 Å². The summed E-state index contributed by atoms with van der Waals surface area (Å²) in [5.74, 6) is 1.08. The molecular formula is C10H16BrN3OS. The van der Waals surface area contributed by atoms with Crippen LogP contribution in [0.1, 0.15) is 12.8 Å². The monoisotopic (exact) mass is 305 g/mol. The van der Waals surface area contributed by atoms with Crippen molar-refractivity contribution >= 4 is 27.7 Å². The summed E-state index contributed by atoms with van der Waals surface area (Å²) in [4.78, 5) is 4.23. The first-order chi connectivity index (χ1) is 7.76. The van der Waals surface area contributed by atoms with E-state index in [1.165, 1.54) is 0 Å². The average molecular weight is 306 g/mol. The minimum absolute atomic E-state index is 0.356. The molecule has 0 aromatic carbocycles. The van der Waals surface area contributed by atoms with Gasteiger partial charge in [-0.25, -0.2) is 9.67 Å². The van der Waals surface area contributed by atoms with Gasteiger partial charge < -0.3 is 4.74 Å². The maximum atomic E-state index is 5.42. The lowest BCUT2D eigenvalue weighted by Gasteiger charge is -2.35. The fourth-order valence-electron chi connectivity index (χ4n) is 1.75. The number of ether oxygens (including phenoxy) is 1. The van der Waals surface area contributed by atoms with Crippen LogP contribution < -0.4 is 0 Å². The predicted octanol–water partition coefficient (Wildman–Crippen LogP) is 2.10. The summed E-state index contributed by atoms with van der Waals surface area (Å²) in [6.07, 6.45) is 3.86. The van der Waals surface area contributed by atoms with Crippen LogP contribution >= 0.6 is 27.7 Å². The quantitative estimate of drug-likeness (QED) is 0.631. The summed E-state index contributed by atoms with van der Waals surface area (Å²) in [7, 11) is 1.93. The van der Waals surface area contributed by atoms with Crippen molar-refractivity contribution in [2.75, 3.05) is 24.3 Å². The minimum Gasteiger partial charge on any atom is -0.381 e. The number of hydrogen-bond donors (Lipinski definition) is 0. The van der Waals surface area contributed by atoms with Crippen LogP contribution in [0.5, 0.6) is 0 Å². The zero-order chi connectivity index (χ0) is 11.4. The van der Waals surface area contributed by atoms with Gasteiger partial charge in [0, 0.05) is 31.3 Å². The van der Waals surface area contributed by atoms with Crippen molar-refractivity contribution in [1.29, 1.82) is 0 Å². The first-order valence-corrected chi connectivity index (χ1v) is 7.47. The number of thioether (sulfide) groups is 1. The van der Waals surface area contributed by atoms with Gasteiger partial charge in [0.25, 0.3) is 0 Å². The van der Waals surface area contributed by atoms with Crippen LogP contribution in [-0.2, 0) is 11.8 Å². The molecule has 0 aliphatic carbocycles. The zero-order valence-electron chi connectivity index (χ0n) is 9.36. The molecule has 1 aromatic rings. The molecule has 16 heavy (non-hydrogen) atoms. The van der Waals surface area contributed by atoms with Gasteiger partial charge in [-0.15, -0.1) is 0 Å². The Kier molecular flexibility index (Phi) is 4.27. The molecule has 1 aliphatic rings. The van der Waals surface area contributed by atoms with Gasteiger partial charge in [0.1, 0.15) is 6.33 Å². The van der Waals surface area contributed by atoms with Gasteiger partial charge in [-0.2, -0.15) is 5.10 Å². The normalized spacial score (nSPS) is 19.9. The molecule has 0 amide bonds. The second-order valence-corrected chi connectivity index (χ2v) is 5.70. The molecule has 0 unspecified atom stereocenters. The van der Waals surface area contributed by atoms with Gasteiger partial charge in [-0.3, -0.25) is 0 Å². The highest BCUT2D eigenvalue weighted by Crippen LogP contribution is 2.37. The van der Waals surface area contributed by atoms with Gasteiger partial charge in [-0.05, 0) is 18.3 Å². The predicted molar refractivity (Wildman–Crippen MR) is 68.0 cm³/mol. The van der Waals surface area contributed by atoms with Crippen LogP contribution in [0.15, 0.2) is 11.5 Å². The van der Waals surface area contributed by atoms with E-state index in [0.717, 1.165) is 42.3 Å². The summed E-state index contributed by atoms with van der Waals surface area (Å²) >= 11 is 5.43. The van der Waals surface area contributed by atoms with E-state index in [1.807, 2.05) is 11.7 Å². The molecule has 1 fully saturated rings. The maximum Gasteiger partial charge on any atom is 0.185 e. The van der Waals surface area contributed by atoms with Crippen LogP contribution in [0.2, 0.25) is 0 Å². The Balaban J connectivity index is 1.94. The van der Waals surface area contributed by atoms with E-state index < -0.39 is 0 Å². The third-order valence-electron chi connectivity index (χ3n) is 3.01. The first kappa shape index (κ1) is 12.4. The van der Waals surface area contributed by atoms with Crippen molar-refractivity contribution in [1.82, 2.24) is 14.8 Å². The zero-order valence-corrected chi connectivity index (χ0v) is 11.8.